The summed E-state index contributed by atoms with van der Waals surface area (Å²) in [6.07, 6.45) is 3.30. The van der Waals surface area contributed by atoms with Gasteiger partial charge < -0.3 is 10.6 Å². The molecule has 0 bridgehead atoms. The quantitative estimate of drug-likeness (QED) is 0.616. The zero-order valence-electron chi connectivity index (χ0n) is 15.9. The van der Waals surface area contributed by atoms with Gasteiger partial charge >= 0.3 is 0 Å². The fourth-order valence-corrected chi connectivity index (χ4v) is 2.86. The van der Waals surface area contributed by atoms with E-state index in [1.165, 1.54) is 5.56 Å². The molecule has 4 nitrogen and oxygen atoms in total. The number of carbonyl (C=O) groups excluding carboxylic acids is 1. The van der Waals surface area contributed by atoms with Crippen LogP contribution in [0.15, 0.2) is 73.1 Å². The molecule has 0 aliphatic rings. The van der Waals surface area contributed by atoms with Crippen LogP contribution in [0.4, 0.5) is 11.4 Å². The molecule has 0 aliphatic carbocycles. The summed E-state index contributed by atoms with van der Waals surface area (Å²) in [4.78, 5) is 16.8. The summed E-state index contributed by atoms with van der Waals surface area (Å²) in [6, 6.07) is 19.9. The average molecular weight is 359 g/mol. The number of hydrogen-bond acceptors (Lipinski definition) is 3. The summed E-state index contributed by atoms with van der Waals surface area (Å²) < 4.78 is 0. The smallest absolute Gasteiger partial charge is 0.253 e. The third kappa shape index (κ3) is 4.94. The van der Waals surface area contributed by atoms with Gasteiger partial charge in [-0.25, -0.2) is 0 Å². The van der Waals surface area contributed by atoms with E-state index < -0.39 is 0 Å². The second-order valence-electron chi connectivity index (χ2n) is 6.97. The molecule has 3 aromatic rings. The zero-order valence-corrected chi connectivity index (χ0v) is 15.9. The maximum atomic E-state index is 12.6. The third-order valence-corrected chi connectivity index (χ3v) is 4.51. The highest BCUT2D eigenvalue weighted by Gasteiger charge is 2.12. The van der Waals surface area contributed by atoms with Crippen LogP contribution in [0.1, 0.15) is 54.2 Å². The van der Waals surface area contributed by atoms with Gasteiger partial charge in [0.25, 0.3) is 5.91 Å². The number of pyridine rings is 1. The van der Waals surface area contributed by atoms with E-state index in [4.69, 9.17) is 0 Å². The molecule has 1 unspecified atom stereocenters. The van der Waals surface area contributed by atoms with Crippen LogP contribution in [0.2, 0.25) is 0 Å². The van der Waals surface area contributed by atoms with E-state index in [1.54, 1.807) is 12.4 Å². The van der Waals surface area contributed by atoms with Gasteiger partial charge in [0.15, 0.2) is 0 Å². The van der Waals surface area contributed by atoms with Crippen molar-refractivity contribution in [2.75, 3.05) is 5.32 Å². The molecular formula is C23H25N3O. The van der Waals surface area contributed by atoms with Crippen molar-refractivity contribution in [1.29, 1.82) is 0 Å². The Morgan fingerprint density at radius 1 is 0.852 bits per heavy atom. The lowest BCUT2D eigenvalue weighted by Gasteiger charge is -2.15. The lowest BCUT2D eigenvalue weighted by Crippen LogP contribution is -2.26. The highest BCUT2D eigenvalue weighted by atomic mass is 16.1. The maximum Gasteiger partial charge on any atom is 0.253 e. The number of aromatic nitrogens is 1. The summed E-state index contributed by atoms with van der Waals surface area (Å²) in [5.74, 6) is 0.358. The van der Waals surface area contributed by atoms with Gasteiger partial charge in [0.2, 0.25) is 0 Å². The van der Waals surface area contributed by atoms with Crippen LogP contribution in [0.5, 0.6) is 0 Å². The fraction of sp³-hybridized carbons (Fsp3) is 0.217. The molecule has 3 rings (SSSR count). The van der Waals surface area contributed by atoms with E-state index in [-0.39, 0.29) is 11.9 Å². The van der Waals surface area contributed by atoms with Crippen molar-refractivity contribution in [3.05, 3.63) is 89.7 Å². The van der Waals surface area contributed by atoms with Crippen molar-refractivity contribution in [1.82, 2.24) is 10.3 Å². The summed E-state index contributed by atoms with van der Waals surface area (Å²) in [5, 5.41) is 6.32. The van der Waals surface area contributed by atoms with E-state index in [2.05, 4.69) is 41.6 Å². The SMILES string of the molecule is CC(C)c1ccc(Nc2cncc(C(=O)NC(C)c3ccccc3)c2)cc1. The Bertz CT molecular complexity index is 889. The monoisotopic (exact) mass is 359 g/mol. The first kappa shape index (κ1) is 18.6. The number of carbonyl (C=O) groups is 1. The minimum atomic E-state index is -0.141. The Kier molecular flexibility index (Phi) is 5.87. The van der Waals surface area contributed by atoms with Crippen LogP contribution in [-0.4, -0.2) is 10.9 Å². The molecule has 27 heavy (non-hydrogen) atoms. The molecule has 4 heteroatoms. The van der Waals surface area contributed by atoms with Gasteiger partial charge in [-0.2, -0.15) is 0 Å². The molecule has 2 N–H and O–H groups in total. The Morgan fingerprint density at radius 2 is 1.56 bits per heavy atom. The van der Waals surface area contributed by atoms with Gasteiger partial charge in [-0.3, -0.25) is 9.78 Å². The minimum Gasteiger partial charge on any atom is -0.354 e. The normalized spacial score (nSPS) is 11.9. The topological polar surface area (TPSA) is 54.0 Å². The van der Waals surface area contributed by atoms with Gasteiger partial charge in [0.05, 0.1) is 23.5 Å². The molecule has 1 amide bonds. The zero-order chi connectivity index (χ0) is 19.2. The number of nitrogens with one attached hydrogen (secondary N) is 2. The number of nitrogens with zero attached hydrogens (tertiary/aromatic N) is 1. The van der Waals surface area contributed by atoms with Crippen LogP contribution in [0, 0.1) is 0 Å². The van der Waals surface area contributed by atoms with Gasteiger partial charge in [-0.15, -0.1) is 0 Å². The lowest BCUT2D eigenvalue weighted by molar-refractivity contribution is 0.0939. The standard InChI is InChI=1S/C23H25N3O/c1-16(2)18-9-11-21(12-10-18)26-22-13-20(14-24-15-22)23(27)25-17(3)19-7-5-4-6-8-19/h4-17,26H,1-3H3,(H,25,27). The van der Waals surface area contributed by atoms with Gasteiger partial charge in [-0.05, 0) is 42.2 Å². The van der Waals surface area contributed by atoms with E-state index in [9.17, 15) is 4.79 Å². The van der Waals surface area contributed by atoms with Crippen molar-refractivity contribution < 1.29 is 4.79 Å². The van der Waals surface area contributed by atoms with Crippen molar-refractivity contribution >= 4 is 17.3 Å². The molecule has 1 atom stereocenters. The highest BCUT2D eigenvalue weighted by molar-refractivity contribution is 5.95. The number of rotatable bonds is 6. The first-order valence-electron chi connectivity index (χ1n) is 9.21. The summed E-state index contributed by atoms with van der Waals surface area (Å²) in [6.45, 7) is 6.31. The van der Waals surface area contributed by atoms with Crippen molar-refractivity contribution in [2.24, 2.45) is 0 Å². The molecule has 0 fully saturated rings. The van der Waals surface area contributed by atoms with E-state index >= 15 is 0 Å². The summed E-state index contributed by atoms with van der Waals surface area (Å²) in [7, 11) is 0. The Balaban J connectivity index is 1.68. The minimum absolute atomic E-state index is 0.0705. The second kappa shape index (κ2) is 8.49. The van der Waals surface area contributed by atoms with Crippen LogP contribution in [-0.2, 0) is 0 Å². The van der Waals surface area contributed by atoms with E-state index in [1.807, 2.05) is 55.5 Å². The molecule has 0 radical (unpaired) electrons. The first-order valence-corrected chi connectivity index (χ1v) is 9.21. The Hall–Kier alpha value is -3.14. The second-order valence-corrected chi connectivity index (χ2v) is 6.97. The van der Waals surface area contributed by atoms with Gasteiger partial charge in [0.1, 0.15) is 0 Å². The predicted octanol–water partition coefficient (Wildman–Crippen LogP) is 5.44. The Labute approximate surface area is 160 Å². The summed E-state index contributed by atoms with van der Waals surface area (Å²) >= 11 is 0. The molecular weight excluding hydrogens is 334 g/mol. The summed E-state index contributed by atoms with van der Waals surface area (Å²) in [5.41, 5.74) is 4.64. The van der Waals surface area contributed by atoms with Crippen LogP contribution >= 0.6 is 0 Å². The molecule has 1 heterocycles. The molecule has 2 aromatic carbocycles. The average Bonchev–Trinajstić information content (AvgIpc) is 2.69. The predicted molar refractivity (Wildman–Crippen MR) is 110 cm³/mol. The molecule has 138 valence electrons. The lowest BCUT2D eigenvalue weighted by atomic mass is 10.0. The fourth-order valence-electron chi connectivity index (χ4n) is 2.86. The highest BCUT2D eigenvalue weighted by Crippen LogP contribution is 2.21. The van der Waals surface area contributed by atoms with E-state index in [0.29, 0.717) is 11.5 Å². The molecule has 1 aromatic heterocycles. The van der Waals surface area contributed by atoms with Crippen molar-refractivity contribution in [3.63, 3.8) is 0 Å². The van der Waals surface area contributed by atoms with Crippen LogP contribution < -0.4 is 10.6 Å². The van der Waals surface area contributed by atoms with Crippen molar-refractivity contribution in [3.8, 4) is 0 Å². The third-order valence-electron chi connectivity index (χ3n) is 4.51. The molecule has 0 saturated heterocycles. The van der Waals surface area contributed by atoms with Crippen LogP contribution in [0.25, 0.3) is 0 Å². The number of benzene rings is 2. The van der Waals surface area contributed by atoms with Gasteiger partial charge in [0, 0.05) is 11.9 Å². The number of anilines is 2. The van der Waals surface area contributed by atoms with Crippen LogP contribution in [0.3, 0.4) is 0 Å². The molecule has 0 spiro atoms. The van der Waals surface area contributed by atoms with Crippen molar-refractivity contribution in [2.45, 2.75) is 32.7 Å². The maximum absolute atomic E-state index is 12.6. The largest absolute Gasteiger partial charge is 0.354 e. The molecule has 0 aliphatic heterocycles. The Morgan fingerprint density at radius 3 is 2.22 bits per heavy atom. The number of amides is 1. The van der Waals surface area contributed by atoms with E-state index in [0.717, 1.165) is 16.9 Å². The van der Waals surface area contributed by atoms with Gasteiger partial charge in [-0.1, -0.05) is 56.3 Å². The first-order chi connectivity index (χ1) is 13.0. The molecule has 0 saturated carbocycles. The number of hydrogen-bond donors (Lipinski definition) is 2.